The number of carbonyl (C=O) groups excluding carboxylic acids is 1. The highest BCUT2D eigenvalue weighted by Gasteiger charge is 2.27. The molecule has 0 radical (unpaired) electrons. The summed E-state index contributed by atoms with van der Waals surface area (Å²) in [6.07, 6.45) is 8.75. The van der Waals surface area contributed by atoms with E-state index in [4.69, 9.17) is 16.3 Å². The van der Waals surface area contributed by atoms with Crippen LogP contribution < -0.4 is 10.1 Å². The smallest absolute Gasteiger partial charge is 0.237 e. The lowest BCUT2D eigenvalue weighted by molar-refractivity contribution is -0.127. The van der Waals surface area contributed by atoms with Crippen molar-refractivity contribution in [2.75, 3.05) is 26.2 Å². The molecular weight excluding hydrogens is 314 g/mol. The molecule has 1 aromatic rings. The highest BCUT2D eigenvalue weighted by Crippen LogP contribution is 2.18. The van der Waals surface area contributed by atoms with Gasteiger partial charge in [0, 0.05) is 12.3 Å². The predicted molar refractivity (Wildman–Crippen MR) is 91.9 cm³/mol. The maximum Gasteiger partial charge on any atom is 0.237 e. The van der Waals surface area contributed by atoms with Crippen LogP contribution >= 0.6 is 11.6 Å². The fourth-order valence-corrected chi connectivity index (χ4v) is 3.01. The second kappa shape index (κ2) is 9.73. The lowest BCUT2D eigenvalue weighted by atomic mass is 10.0. The molecular formula is C17H26ClN3O2. The van der Waals surface area contributed by atoms with Crippen molar-refractivity contribution in [3.8, 4) is 5.75 Å². The van der Waals surface area contributed by atoms with Gasteiger partial charge in [0.15, 0.2) is 0 Å². The van der Waals surface area contributed by atoms with Crippen LogP contribution in [0.15, 0.2) is 18.5 Å². The minimum atomic E-state index is 0.0168. The van der Waals surface area contributed by atoms with Crippen molar-refractivity contribution in [3.63, 3.8) is 0 Å². The molecule has 1 N–H and O–H groups in total. The number of ether oxygens (including phenoxy) is 1. The molecule has 0 aromatic carbocycles. The van der Waals surface area contributed by atoms with Crippen molar-refractivity contribution >= 4 is 17.5 Å². The summed E-state index contributed by atoms with van der Waals surface area (Å²) in [5, 5.41) is 3.53. The topological polar surface area (TPSA) is 54.5 Å². The average Bonchev–Trinajstić information content (AvgIpc) is 2.57. The van der Waals surface area contributed by atoms with Crippen molar-refractivity contribution in [1.29, 1.82) is 0 Å². The Morgan fingerprint density at radius 1 is 1.48 bits per heavy atom. The Bertz CT molecular complexity index is 498. The Morgan fingerprint density at radius 2 is 2.35 bits per heavy atom. The lowest BCUT2D eigenvalue weighted by Gasteiger charge is -2.34. The number of halogens is 1. The molecule has 1 atom stereocenters. The number of nitrogens with zero attached hydrogens (tertiary/aromatic N) is 2. The Labute approximate surface area is 143 Å². The number of rotatable bonds is 8. The second-order valence-corrected chi connectivity index (χ2v) is 6.32. The molecule has 1 aliphatic heterocycles. The molecule has 6 heteroatoms. The Kier molecular flexibility index (Phi) is 7.62. The van der Waals surface area contributed by atoms with E-state index >= 15 is 0 Å². The molecule has 1 fully saturated rings. The van der Waals surface area contributed by atoms with Gasteiger partial charge in [-0.2, -0.15) is 0 Å². The van der Waals surface area contributed by atoms with Gasteiger partial charge in [-0.1, -0.05) is 31.4 Å². The van der Waals surface area contributed by atoms with Gasteiger partial charge < -0.3 is 10.1 Å². The number of likely N-dealkylation sites (tertiary alicyclic amines) is 1. The third kappa shape index (κ3) is 5.99. The molecule has 0 spiro atoms. The van der Waals surface area contributed by atoms with Crippen molar-refractivity contribution < 1.29 is 9.53 Å². The minimum absolute atomic E-state index is 0.0168. The van der Waals surface area contributed by atoms with Gasteiger partial charge in [0.05, 0.1) is 23.8 Å². The van der Waals surface area contributed by atoms with Crippen LogP contribution in [-0.2, 0) is 4.79 Å². The minimum Gasteiger partial charge on any atom is -0.490 e. The predicted octanol–water partition coefficient (Wildman–Crippen LogP) is 2.88. The maximum absolute atomic E-state index is 12.4. The van der Waals surface area contributed by atoms with Gasteiger partial charge in [0.2, 0.25) is 5.91 Å². The number of hydrogen-bond donors (Lipinski definition) is 1. The normalized spacial score (nSPS) is 18.6. The molecule has 2 heterocycles. The van der Waals surface area contributed by atoms with E-state index in [1.165, 1.54) is 6.42 Å². The standard InChI is InChI=1S/C17H26ClN3O2/c1-2-3-8-21-9-5-4-6-16(21)17(22)20-7-10-23-15-11-14(18)12-19-13-15/h11-13,16H,2-10H2,1H3,(H,20,22). The molecule has 0 bridgehead atoms. The van der Waals surface area contributed by atoms with Crippen LogP contribution in [0.1, 0.15) is 39.0 Å². The highest BCUT2D eigenvalue weighted by atomic mass is 35.5. The SMILES string of the molecule is CCCCN1CCCCC1C(=O)NCCOc1cncc(Cl)c1. The van der Waals surface area contributed by atoms with Gasteiger partial charge in [-0.25, -0.2) is 0 Å². The van der Waals surface area contributed by atoms with Crippen LogP contribution in [0.4, 0.5) is 0 Å². The monoisotopic (exact) mass is 339 g/mol. The first-order valence-electron chi connectivity index (χ1n) is 8.46. The molecule has 2 rings (SSSR count). The summed E-state index contributed by atoms with van der Waals surface area (Å²) >= 11 is 5.85. The fraction of sp³-hybridized carbons (Fsp3) is 0.647. The molecule has 0 saturated carbocycles. The van der Waals surface area contributed by atoms with E-state index in [1.54, 1.807) is 18.5 Å². The highest BCUT2D eigenvalue weighted by molar-refractivity contribution is 6.30. The zero-order valence-corrected chi connectivity index (χ0v) is 14.5. The number of carbonyl (C=O) groups is 1. The van der Waals surface area contributed by atoms with E-state index in [1.807, 2.05) is 0 Å². The molecule has 1 aromatic heterocycles. The zero-order valence-electron chi connectivity index (χ0n) is 13.8. The summed E-state index contributed by atoms with van der Waals surface area (Å²) in [6.45, 7) is 5.13. The van der Waals surface area contributed by atoms with E-state index in [-0.39, 0.29) is 11.9 Å². The summed E-state index contributed by atoms with van der Waals surface area (Å²) in [5.74, 6) is 0.739. The second-order valence-electron chi connectivity index (χ2n) is 5.88. The van der Waals surface area contributed by atoms with Crippen molar-refractivity contribution in [2.45, 2.75) is 45.1 Å². The van der Waals surface area contributed by atoms with Gasteiger partial charge in [-0.3, -0.25) is 14.7 Å². The van der Waals surface area contributed by atoms with Gasteiger partial charge in [-0.05, 0) is 32.4 Å². The first kappa shape index (κ1) is 18.0. The quantitative estimate of drug-likeness (QED) is 0.740. The first-order valence-corrected chi connectivity index (χ1v) is 8.83. The summed E-state index contributed by atoms with van der Waals surface area (Å²) in [7, 11) is 0. The van der Waals surface area contributed by atoms with Crippen LogP contribution in [0.3, 0.4) is 0 Å². The van der Waals surface area contributed by atoms with E-state index in [9.17, 15) is 4.79 Å². The number of unbranched alkanes of at least 4 members (excludes halogenated alkanes) is 1. The summed E-state index contributed by atoms with van der Waals surface area (Å²) in [6, 6.07) is 1.73. The molecule has 1 saturated heterocycles. The van der Waals surface area contributed by atoms with Gasteiger partial charge in [0.1, 0.15) is 12.4 Å². The van der Waals surface area contributed by atoms with Crippen LogP contribution in [0.2, 0.25) is 5.02 Å². The van der Waals surface area contributed by atoms with Gasteiger partial charge in [-0.15, -0.1) is 0 Å². The molecule has 5 nitrogen and oxygen atoms in total. The van der Waals surface area contributed by atoms with E-state index in [0.29, 0.717) is 23.9 Å². The van der Waals surface area contributed by atoms with Crippen molar-refractivity contribution in [3.05, 3.63) is 23.5 Å². The van der Waals surface area contributed by atoms with Crippen molar-refractivity contribution in [1.82, 2.24) is 15.2 Å². The van der Waals surface area contributed by atoms with Crippen molar-refractivity contribution in [2.24, 2.45) is 0 Å². The summed E-state index contributed by atoms with van der Waals surface area (Å²) in [5.41, 5.74) is 0. The molecule has 1 amide bonds. The van der Waals surface area contributed by atoms with E-state index in [2.05, 4.69) is 22.1 Å². The molecule has 1 unspecified atom stereocenters. The number of nitrogens with one attached hydrogen (secondary N) is 1. The summed E-state index contributed by atoms with van der Waals surface area (Å²) < 4.78 is 5.54. The van der Waals surface area contributed by atoms with Gasteiger partial charge in [0.25, 0.3) is 0 Å². The maximum atomic E-state index is 12.4. The number of piperidine rings is 1. The van der Waals surface area contributed by atoms with Crippen LogP contribution in [0, 0.1) is 0 Å². The Hall–Kier alpha value is -1.33. The largest absolute Gasteiger partial charge is 0.490 e. The van der Waals surface area contributed by atoms with Crippen LogP contribution in [0.25, 0.3) is 0 Å². The number of hydrogen-bond acceptors (Lipinski definition) is 4. The molecule has 0 aliphatic carbocycles. The van der Waals surface area contributed by atoms with E-state index < -0.39 is 0 Å². The third-order valence-electron chi connectivity index (χ3n) is 4.07. The van der Waals surface area contributed by atoms with E-state index in [0.717, 1.165) is 38.8 Å². The molecule has 23 heavy (non-hydrogen) atoms. The first-order chi connectivity index (χ1) is 11.2. The summed E-state index contributed by atoms with van der Waals surface area (Å²) in [4.78, 5) is 18.7. The average molecular weight is 340 g/mol. The van der Waals surface area contributed by atoms with Gasteiger partial charge >= 0.3 is 0 Å². The zero-order chi connectivity index (χ0) is 16.5. The van der Waals surface area contributed by atoms with Crippen LogP contribution in [0.5, 0.6) is 5.75 Å². The lowest BCUT2D eigenvalue weighted by Crippen LogP contribution is -2.50. The number of pyridine rings is 1. The number of amides is 1. The fourth-order valence-electron chi connectivity index (χ4n) is 2.85. The Morgan fingerprint density at radius 3 is 3.13 bits per heavy atom. The Balaban J connectivity index is 1.72. The third-order valence-corrected chi connectivity index (χ3v) is 4.27. The molecule has 128 valence electrons. The number of aromatic nitrogens is 1. The van der Waals surface area contributed by atoms with Crippen LogP contribution in [-0.4, -0.2) is 48.1 Å². The molecule has 1 aliphatic rings.